The number of hydrogen-bond donors (Lipinski definition) is 1. The highest BCUT2D eigenvalue weighted by Crippen LogP contribution is 2.41. The molecule has 1 N–H and O–H groups in total. The molecule has 0 atom stereocenters. The Morgan fingerprint density at radius 2 is 1.33 bits per heavy atom. The Morgan fingerprint density at radius 1 is 0.833 bits per heavy atom. The highest BCUT2D eigenvalue weighted by Gasteiger charge is 2.13. The molecule has 0 unspecified atom stereocenters. The summed E-state index contributed by atoms with van der Waals surface area (Å²) in [4.78, 5) is 0. The zero-order valence-electron chi connectivity index (χ0n) is 6.58. The highest BCUT2D eigenvalue weighted by atomic mass is 79.9. The first kappa shape index (κ1) is 10.5. The maximum absolute atomic E-state index is 9.59. The van der Waals surface area contributed by atoms with Crippen LogP contribution in [0.15, 0.2) is 13.4 Å². The van der Waals surface area contributed by atoms with Gasteiger partial charge in [0.15, 0.2) is 0 Å². The molecule has 1 aromatic carbocycles. The average Bonchev–Trinajstić information content (AvgIpc) is 2.08. The Balaban J connectivity index is 3.60. The van der Waals surface area contributed by atoms with Gasteiger partial charge < -0.3 is 5.11 Å². The van der Waals surface area contributed by atoms with Gasteiger partial charge in [0.2, 0.25) is 0 Å². The molecule has 0 heterocycles. The van der Waals surface area contributed by atoms with Crippen molar-refractivity contribution in [2.24, 2.45) is 0 Å². The summed E-state index contributed by atoms with van der Waals surface area (Å²) in [6.07, 6.45) is 0. The van der Waals surface area contributed by atoms with E-state index in [9.17, 15) is 5.11 Å². The van der Waals surface area contributed by atoms with Crippen molar-refractivity contribution in [3.63, 3.8) is 0 Å². The van der Waals surface area contributed by atoms with Gasteiger partial charge in [-0.3, -0.25) is 0 Å². The summed E-state index contributed by atoms with van der Waals surface area (Å²) in [6, 6.07) is 0. The maximum Gasteiger partial charge on any atom is 0.134 e. The van der Waals surface area contributed by atoms with E-state index < -0.39 is 0 Å². The molecule has 0 aliphatic carbocycles. The van der Waals surface area contributed by atoms with Crippen LogP contribution in [0.2, 0.25) is 0 Å². The predicted molar refractivity (Wildman–Crippen MR) is 60.7 cm³/mol. The van der Waals surface area contributed by atoms with E-state index in [2.05, 4.69) is 47.8 Å². The molecule has 0 saturated carbocycles. The van der Waals surface area contributed by atoms with Crippen LogP contribution in [0.1, 0.15) is 11.1 Å². The lowest BCUT2D eigenvalue weighted by atomic mass is 10.1. The number of halogens is 3. The van der Waals surface area contributed by atoms with Crippen molar-refractivity contribution in [3.8, 4) is 5.75 Å². The molecule has 66 valence electrons. The molecule has 12 heavy (non-hydrogen) atoms. The molecular formula is C8H7Br3O. The van der Waals surface area contributed by atoms with Crippen LogP contribution >= 0.6 is 47.8 Å². The summed E-state index contributed by atoms with van der Waals surface area (Å²) in [5.74, 6) is 0.277. The van der Waals surface area contributed by atoms with Gasteiger partial charge in [0.1, 0.15) is 5.75 Å². The van der Waals surface area contributed by atoms with Crippen LogP contribution in [0.25, 0.3) is 0 Å². The quantitative estimate of drug-likeness (QED) is 0.686. The molecule has 1 rings (SSSR count). The van der Waals surface area contributed by atoms with Crippen molar-refractivity contribution < 1.29 is 5.11 Å². The van der Waals surface area contributed by atoms with E-state index in [0.29, 0.717) is 4.47 Å². The summed E-state index contributed by atoms with van der Waals surface area (Å²) in [5.41, 5.74) is 1.93. The van der Waals surface area contributed by atoms with Crippen molar-refractivity contribution in [2.75, 3.05) is 0 Å². The molecule has 0 bridgehead atoms. The monoisotopic (exact) mass is 356 g/mol. The van der Waals surface area contributed by atoms with E-state index in [4.69, 9.17) is 0 Å². The number of hydrogen-bond acceptors (Lipinski definition) is 1. The third-order valence-electron chi connectivity index (χ3n) is 1.74. The molecule has 0 saturated heterocycles. The fraction of sp³-hybridized carbons (Fsp3) is 0.250. The van der Waals surface area contributed by atoms with Gasteiger partial charge in [-0.1, -0.05) is 15.9 Å². The third kappa shape index (κ3) is 1.56. The molecule has 0 radical (unpaired) electrons. The Labute approximate surface area is 96.6 Å². The van der Waals surface area contributed by atoms with Crippen LogP contribution in [0.5, 0.6) is 5.75 Å². The molecule has 0 spiro atoms. The third-order valence-corrected chi connectivity index (χ3v) is 5.23. The lowest BCUT2D eigenvalue weighted by Crippen LogP contribution is -1.86. The zero-order chi connectivity index (χ0) is 9.46. The fourth-order valence-electron chi connectivity index (χ4n) is 0.915. The average molecular weight is 359 g/mol. The van der Waals surface area contributed by atoms with Gasteiger partial charge in [-0.15, -0.1) is 0 Å². The van der Waals surface area contributed by atoms with Crippen molar-refractivity contribution >= 4 is 47.8 Å². The number of phenols is 1. The van der Waals surface area contributed by atoms with Gasteiger partial charge in [-0.25, -0.2) is 0 Å². The van der Waals surface area contributed by atoms with Gasteiger partial charge in [-0.05, 0) is 51.3 Å². The second-order valence-corrected chi connectivity index (χ2v) is 4.92. The smallest absolute Gasteiger partial charge is 0.134 e. The minimum Gasteiger partial charge on any atom is -0.506 e. The van der Waals surface area contributed by atoms with Crippen LogP contribution in [-0.4, -0.2) is 5.11 Å². The van der Waals surface area contributed by atoms with E-state index in [1.54, 1.807) is 0 Å². The molecule has 0 aliphatic heterocycles. The molecule has 0 fully saturated rings. The molecule has 0 aromatic heterocycles. The van der Waals surface area contributed by atoms with Crippen molar-refractivity contribution in [3.05, 3.63) is 24.5 Å². The molecular weight excluding hydrogens is 352 g/mol. The van der Waals surface area contributed by atoms with Crippen molar-refractivity contribution in [1.29, 1.82) is 0 Å². The largest absolute Gasteiger partial charge is 0.506 e. The predicted octanol–water partition coefficient (Wildman–Crippen LogP) is 4.30. The second kappa shape index (κ2) is 3.68. The van der Waals surface area contributed by atoms with Crippen molar-refractivity contribution in [2.45, 2.75) is 13.8 Å². The van der Waals surface area contributed by atoms with Crippen molar-refractivity contribution in [1.82, 2.24) is 0 Å². The zero-order valence-corrected chi connectivity index (χ0v) is 11.3. The number of phenolic OH excluding ortho intramolecular Hbond substituents is 1. The Morgan fingerprint density at radius 3 is 1.83 bits per heavy atom. The SMILES string of the molecule is Cc1c(O)c(Br)c(Br)c(C)c1Br. The minimum atomic E-state index is 0.277. The first-order valence-electron chi connectivity index (χ1n) is 3.29. The van der Waals surface area contributed by atoms with Crippen LogP contribution in [0.4, 0.5) is 0 Å². The summed E-state index contributed by atoms with van der Waals surface area (Å²) in [6.45, 7) is 3.84. The summed E-state index contributed by atoms with van der Waals surface area (Å²) < 4.78 is 2.54. The van der Waals surface area contributed by atoms with Crippen LogP contribution in [-0.2, 0) is 0 Å². The standard InChI is InChI=1S/C8H7Br3O/c1-3-5(9)4(2)8(12)7(11)6(3)10/h12H,1-2H3. The van der Waals surface area contributed by atoms with Gasteiger partial charge in [0.05, 0.1) is 4.47 Å². The highest BCUT2D eigenvalue weighted by molar-refractivity contribution is 9.13. The number of benzene rings is 1. The van der Waals surface area contributed by atoms with Gasteiger partial charge >= 0.3 is 0 Å². The Bertz CT molecular complexity index is 229. The fourth-order valence-corrected chi connectivity index (χ4v) is 2.55. The second-order valence-electron chi connectivity index (χ2n) is 2.54. The maximum atomic E-state index is 9.59. The summed E-state index contributed by atoms with van der Waals surface area (Å²) >= 11 is 10.1. The van der Waals surface area contributed by atoms with Gasteiger partial charge in [0.25, 0.3) is 0 Å². The number of aromatic hydroxyl groups is 1. The topological polar surface area (TPSA) is 20.2 Å². The lowest BCUT2D eigenvalue weighted by Gasteiger charge is -2.10. The summed E-state index contributed by atoms with van der Waals surface area (Å²) in [5, 5.41) is 9.59. The number of rotatable bonds is 0. The Kier molecular flexibility index (Phi) is 3.23. The molecule has 1 aromatic rings. The molecule has 1 nitrogen and oxygen atoms in total. The van der Waals surface area contributed by atoms with Crippen LogP contribution in [0, 0.1) is 13.8 Å². The van der Waals surface area contributed by atoms with E-state index in [1.165, 1.54) is 0 Å². The normalized spacial score (nSPS) is 10.4. The van der Waals surface area contributed by atoms with Gasteiger partial charge in [0, 0.05) is 14.5 Å². The minimum absolute atomic E-state index is 0.277. The molecule has 0 amide bonds. The van der Waals surface area contributed by atoms with E-state index >= 15 is 0 Å². The van der Waals surface area contributed by atoms with Gasteiger partial charge in [-0.2, -0.15) is 0 Å². The lowest BCUT2D eigenvalue weighted by molar-refractivity contribution is 0.466. The molecule has 0 aliphatic rings. The summed E-state index contributed by atoms with van der Waals surface area (Å²) in [7, 11) is 0. The first-order chi connectivity index (χ1) is 5.46. The van der Waals surface area contributed by atoms with E-state index in [1.807, 2.05) is 13.8 Å². The van der Waals surface area contributed by atoms with E-state index in [-0.39, 0.29) is 5.75 Å². The van der Waals surface area contributed by atoms with Crippen LogP contribution < -0.4 is 0 Å². The van der Waals surface area contributed by atoms with Crippen LogP contribution in [0.3, 0.4) is 0 Å². The Hall–Kier alpha value is 0.460. The molecule has 4 heteroatoms. The first-order valence-corrected chi connectivity index (χ1v) is 5.67. The van der Waals surface area contributed by atoms with E-state index in [0.717, 1.165) is 20.1 Å².